The third-order valence-electron chi connectivity index (χ3n) is 2.35. The molecule has 0 N–H and O–H groups in total. The molecular weight excluding hydrogens is 220 g/mol. The van der Waals surface area contributed by atoms with E-state index in [2.05, 4.69) is 56.5 Å². The second-order valence-corrected chi connectivity index (χ2v) is 4.75. The minimum Gasteiger partial charge on any atom is -0.142 e. The molecule has 0 saturated carbocycles. The summed E-state index contributed by atoms with van der Waals surface area (Å²) in [5.74, 6) is 0. The molecule has 15 heavy (non-hydrogen) atoms. The standard InChI is InChI=1S/C13H12S2/c1-3-9-10-7-5-6-8-12(10)15-13(9)11(14)4-2/h3-8,14H,2H2,1H3/b9-3-,13-11-. The topological polar surface area (TPSA) is 0 Å². The van der Waals surface area contributed by atoms with E-state index in [4.69, 9.17) is 0 Å². The first-order valence-electron chi connectivity index (χ1n) is 4.77. The van der Waals surface area contributed by atoms with E-state index in [-0.39, 0.29) is 0 Å². The minimum atomic E-state index is 0.948. The summed E-state index contributed by atoms with van der Waals surface area (Å²) in [7, 11) is 0. The Hall–Kier alpha value is -0.990. The monoisotopic (exact) mass is 232 g/mol. The van der Waals surface area contributed by atoms with Crippen LogP contribution in [0.15, 0.2) is 36.9 Å². The number of hydrogen-bond acceptors (Lipinski definition) is 2. The van der Waals surface area contributed by atoms with E-state index < -0.39 is 0 Å². The van der Waals surface area contributed by atoms with E-state index in [0.717, 1.165) is 4.91 Å². The molecule has 2 aromatic rings. The van der Waals surface area contributed by atoms with Gasteiger partial charge in [0.05, 0.1) is 0 Å². The van der Waals surface area contributed by atoms with Crippen LogP contribution in [0, 0.1) is 0 Å². The van der Waals surface area contributed by atoms with Gasteiger partial charge in [-0.15, -0.1) is 24.0 Å². The van der Waals surface area contributed by atoms with Crippen LogP contribution < -0.4 is 9.75 Å². The summed E-state index contributed by atoms with van der Waals surface area (Å²) in [6.07, 6.45) is 3.93. The van der Waals surface area contributed by atoms with Crippen LogP contribution in [0.25, 0.3) is 21.1 Å². The van der Waals surface area contributed by atoms with Crippen LogP contribution in [0.1, 0.15) is 6.92 Å². The highest BCUT2D eigenvalue weighted by Gasteiger charge is 2.00. The number of fused-ring (bicyclic) bond motifs is 1. The lowest BCUT2D eigenvalue weighted by atomic mass is 10.2. The van der Waals surface area contributed by atoms with Crippen molar-refractivity contribution < 1.29 is 0 Å². The van der Waals surface area contributed by atoms with Crippen molar-refractivity contribution in [3.63, 3.8) is 0 Å². The molecule has 1 aromatic heterocycles. The highest BCUT2D eigenvalue weighted by atomic mass is 32.1. The zero-order chi connectivity index (χ0) is 10.8. The maximum Gasteiger partial charge on any atom is 0.0485 e. The molecule has 2 rings (SSSR count). The lowest BCUT2D eigenvalue weighted by Crippen LogP contribution is -2.19. The van der Waals surface area contributed by atoms with Gasteiger partial charge in [0.15, 0.2) is 0 Å². The number of benzene rings is 1. The van der Waals surface area contributed by atoms with Crippen molar-refractivity contribution in [3.8, 4) is 0 Å². The summed E-state index contributed by atoms with van der Waals surface area (Å²) >= 11 is 6.21. The number of rotatable bonds is 1. The van der Waals surface area contributed by atoms with Gasteiger partial charge in [-0.05, 0) is 18.2 Å². The van der Waals surface area contributed by atoms with Crippen molar-refractivity contribution in [2.75, 3.05) is 0 Å². The summed E-state index contributed by atoms with van der Waals surface area (Å²) in [6.45, 7) is 5.82. The Morgan fingerprint density at radius 3 is 2.80 bits per heavy atom. The number of hydrogen-bond donors (Lipinski definition) is 1. The molecule has 0 radical (unpaired) electrons. The van der Waals surface area contributed by atoms with Crippen molar-refractivity contribution in [2.24, 2.45) is 0 Å². The molecule has 0 spiro atoms. The maximum absolute atomic E-state index is 4.44. The van der Waals surface area contributed by atoms with Crippen molar-refractivity contribution >= 4 is 45.0 Å². The molecule has 0 aliphatic carbocycles. The second-order valence-electron chi connectivity index (χ2n) is 3.22. The predicted molar refractivity (Wildman–Crippen MR) is 73.8 cm³/mol. The van der Waals surface area contributed by atoms with E-state index in [1.165, 1.54) is 19.8 Å². The number of thiophene rings is 1. The van der Waals surface area contributed by atoms with Gasteiger partial charge in [-0.3, -0.25) is 0 Å². The highest BCUT2D eigenvalue weighted by molar-refractivity contribution is 7.90. The molecule has 0 saturated heterocycles. The Kier molecular flexibility index (Phi) is 2.98. The average Bonchev–Trinajstić information content (AvgIpc) is 2.66. The smallest absolute Gasteiger partial charge is 0.0485 e. The fourth-order valence-corrected chi connectivity index (χ4v) is 3.07. The molecule has 1 aromatic carbocycles. The Bertz CT molecular complexity index is 618. The van der Waals surface area contributed by atoms with Crippen molar-refractivity contribution in [3.05, 3.63) is 46.7 Å². The lowest BCUT2D eigenvalue weighted by molar-refractivity contribution is 1.71. The molecule has 0 aliphatic rings. The predicted octanol–water partition coefficient (Wildman–Crippen LogP) is 2.93. The lowest BCUT2D eigenvalue weighted by Gasteiger charge is -1.86. The van der Waals surface area contributed by atoms with Gasteiger partial charge in [0, 0.05) is 19.5 Å². The van der Waals surface area contributed by atoms with Crippen molar-refractivity contribution in [2.45, 2.75) is 6.92 Å². The summed E-state index contributed by atoms with van der Waals surface area (Å²) in [6, 6.07) is 8.42. The first-order chi connectivity index (χ1) is 7.27. The van der Waals surface area contributed by atoms with E-state index in [1.54, 1.807) is 17.4 Å². The molecule has 0 amide bonds. The van der Waals surface area contributed by atoms with E-state index in [1.807, 2.05) is 0 Å². The SMILES string of the molecule is C=C/C(S)=c1/sc2ccccc2/c1=C/C. The van der Waals surface area contributed by atoms with Gasteiger partial charge in [0.1, 0.15) is 0 Å². The normalized spacial score (nSPS) is 14.4. The molecule has 76 valence electrons. The van der Waals surface area contributed by atoms with E-state index in [9.17, 15) is 0 Å². The van der Waals surface area contributed by atoms with Gasteiger partial charge in [-0.1, -0.05) is 36.9 Å². The van der Waals surface area contributed by atoms with E-state index >= 15 is 0 Å². The van der Waals surface area contributed by atoms with Gasteiger partial charge >= 0.3 is 0 Å². The van der Waals surface area contributed by atoms with Gasteiger partial charge in [0.25, 0.3) is 0 Å². The average molecular weight is 232 g/mol. The van der Waals surface area contributed by atoms with Crippen LogP contribution in [0.4, 0.5) is 0 Å². The molecule has 0 unspecified atom stereocenters. The van der Waals surface area contributed by atoms with E-state index in [0.29, 0.717) is 0 Å². The number of thiol groups is 1. The Balaban J connectivity index is 3.08. The maximum atomic E-state index is 4.44. The second kappa shape index (κ2) is 4.25. The van der Waals surface area contributed by atoms with Crippen molar-refractivity contribution in [1.82, 2.24) is 0 Å². The van der Waals surface area contributed by atoms with Crippen LogP contribution in [0.5, 0.6) is 0 Å². The summed E-state index contributed by atoms with van der Waals surface area (Å²) in [5.41, 5.74) is 0. The third-order valence-corrected chi connectivity index (χ3v) is 4.13. The van der Waals surface area contributed by atoms with Gasteiger partial charge < -0.3 is 0 Å². The van der Waals surface area contributed by atoms with Crippen LogP contribution in [0.2, 0.25) is 0 Å². The molecule has 2 heteroatoms. The third kappa shape index (κ3) is 1.75. The molecular formula is C13H12S2. The minimum absolute atomic E-state index is 0.948. The van der Waals surface area contributed by atoms with Gasteiger partial charge in [-0.25, -0.2) is 0 Å². The first-order valence-corrected chi connectivity index (χ1v) is 6.04. The summed E-state index contributed by atoms with van der Waals surface area (Å²) in [5, 5.41) is 2.56. The first kappa shape index (κ1) is 10.5. The summed E-state index contributed by atoms with van der Waals surface area (Å²) < 4.78 is 2.51. The molecule has 0 aliphatic heterocycles. The Labute approximate surface area is 98.7 Å². The molecule has 0 nitrogen and oxygen atoms in total. The fraction of sp³-hybridized carbons (Fsp3) is 0.0769. The van der Waals surface area contributed by atoms with Crippen LogP contribution >= 0.6 is 24.0 Å². The quantitative estimate of drug-likeness (QED) is 0.718. The largest absolute Gasteiger partial charge is 0.142 e. The van der Waals surface area contributed by atoms with Gasteiger partial charge in [-0.2, -0.15) is 0 Å². The Morgan fingerprint density at radius 2 is 2.13 bits per heavy atom. The highest BCUT2D eigenvalue weighted by Crippen LogP contribution is 2.14. The zero-order valence-corrected chi connectivity index (χ0v) is 10.2. The van der Waals surface area contributed by atoms with Crippen LogP contribution in [-0.2, 0) is 0 Å². The zero-order valence-electron chi connectivity index (χ0n) is 8.53. The molecule has 1 heterocycles. The van der Waals surface area contributed by atoms with Crippen LogP contribution in [0.3, 0.4) is 0 Å². The molecule has 0 fully saturated rings. The van der Waals surface area contributed by atoms with Crippen molar-refractivity contribution in [1.29, 1.82) is 0 Å². The Morgan fingerprint density at radius 1 is 1.40 bits per heavy atom. The van der Waals surface area contributed by atoms with Gasteiger partial charge in [0.2, 0.25) is 0 Å². The molecule has 0 bridgehead atoms. The molecule has 0 atom stereocenters. The summed E-state index contributed by atoms with van der Waals surface area (Å²) in [4.78, 5) is 0.948. The van der Waals surface area contributed by atoms with Crippen LogP contribution in [-0.4, -0.2) is 0 Å². The fourth-order valence-electron chi connectivity index (χ4n) is 1.63.